The zero-order valence-electron chi connectivity index (χ0n) is 19.3. The van der Waals surface area contributed by atoms with Gasteiger partial charge in [0.1, 0.15) is 0 Å². The van der Waals surface area contributed by atoms with Gasteiger partial charge in [0, 0.05) is 23.5 Å². The largest absolute Gasteiger partial charge is 0.478 e. The zero-order valence-corrected chi connectivity index (χ0v) is 19.3. The van der Waals surface area contributed by atoms with Crippen LogP contribution in [0.5, 0.6) is 0 Å². The second-order valence-corrected chi connectivity index (χ2v) is 8.64. The van der Waals surface area contributed by atoms with Gasteiger partial charge in [0.25, 0.3) is 0 Å². The molecule has 168 valence electrons. The fraction of sp³-hybridized carbons (Fsp3) is 0.333. The average Bonchev–Trinajstić information content (AvgIpc) is 2.75. The monoisotopic (exact) mass is 432 g/mol. The number of aromatic carboxylic acids is 1. The van der Waals surface area contributed by atoms with Crippen molar-refractivity contribution in [2.45, 2.75) is 53.9 Å². The Morgan fingerprint density at radius 1 is 1.00 bits per heavy atom. The van der Waals surface area contributed by atoms with E-state index in [1.807, 2.05) is 6.92 Å². The standard InChI is InChI=1S/C27H32N2O3/c1-17(2)13-25-23(14-28)26(21-9-5-18(3)6-10-21)24(19(4)29-25)16-32-15-20-7-11-22(12-8-20)27(30)31/h5-12,17H,13-16,28H2,1-4H3,(H,30,31). The van der Waals surface area contributed by atoms with Crippen LogP contribution in [-0.2, 0) is 30.9 Å². The molecular weight excluding hydrogens is 400 g/mol. The molecule has 0 amide bonds. The summed E-state index contributed by atoms with van der Waals surface area (Å²) >= 11 is 0. The summed E-state index contributed by atoms with van der Waals surface area (Å²) in [5.74, 6) is -0.452. The van der Waals surface area contributed by atoms with Crippen LogP contribution in [0.15, 0.2) is 48.5 Å². The Hall–Kier alpha value is -3.02. The number of nitrogens with two attached hydrogens (primary N) is 1. The highest BCUT2D eigenvalue weighted by molar-refractivity contribution is 5.87. The van der Waals surface area contributed by atoms with Gasteiger partial charge in [-0.05, 0) is 60.6 Å². The number of aromatic nitrogens is 1. The smallest absolute Gasteiger partial charge is 0.335 e. The lowest BCUT2D eigenvalue weighted by Crippen LogP contribution is -2.13. The van der Waals surface area contributed by atoms with Crippen LogP contribution in [0, 0.1) is 19.8 Å². The Kier molecular flexibility index (Phi) is 7.78. The van der Waals surface area contributed by atoms with E-state index in [1.54, 1.807) is 24.3 Å². The number of nitrogens with zero attached hydrogens (tertiary/aromatic N) is 1. The lowest BCUT2D eigenvalue weighted by atomic mass is 9.90. The molecule has 0 aliphatic heterocycles. The van der Waals surface area contributed by atoms with E-state index in [1.165, 1.54) is 5.56 Å². The molecule has 1 aromatic heterocycles. The summed E-state index contributed by atoms with van der Waals surface area (Å²) in [6.07, 6.45) is 0.878. The van der Waals surface area contributed by atoms with Crippen molar-refractivity contribution in [3.63, 3.8) is 0 Å². The maximum Gasteiger partial charge on any atom is 0.335 e. The number of hydrogen-bond acceptors (Lipinski definition) is 4. The molecule has 5 heteroatoms. The second kappa shape index (κ2) is 10.5. The fourth-order valence-electron chi connectivity index (χ4n) is 3.88. The summed E-state index contributed by atoms with van der Waals surface area (Å²) < 4.78 is 6.07. The van der Waals surface area contributed by atoms with Gasteiger partial charge >= 0.3 is 5.97 Å². The average molecular weight is 433 g/mol. The second-order valence-electron chi connectivity index (χ2n) is 8.64. The van der Waals surface area contributed by atoms with Crippen LogP contribution >= 0.6 is 0 Å². The highest BCUT2D eigenvalue weighted by Gasteiger charge is 2.19. The number of pyridine rings is 1. The third-order valence-corrected chi connectivity index (χ3v) is 5.55. The maximum absolute atomic E-state index is 11.0. The number of carboxylic acid groups (broad SMARTS) is 1. The first kappa shape index (κ1) is 23.6. The lowest BCUT2D eigenvalue weighted by Gasteiger charge is -2.21. The molecular formula is C27H32N2O3. The summed E-state index contributed by atoms with van der Waals surface area (Å²) in [5, 5.41) is 9.06. The minimum Gasteiger partial charge on any atom is -0.478 e. The number of carboxylic acids is 1. The summed E-state index contributed by atoms with van der Waals surface area (Å²) in [4.78, 5) is 16.0. The predicted octanol–water partition coefficient (Wildman–Crippen LogP) is 5.44. The van der Waals surface area contributed by atoms with Crippen LogP contribution < -0.4 is 5.73 Å². The molecule has 5 nitrogen and oxygen atoms in total. The molecule has 0 saturated heterocycles. The Bertz CT molecular complexity index is 1070. The maximum atomic E-state index is 11.0. The molecule has 0 bridgehead atoms. The summed E-state index contributed by atoms with van der Waals surface area (Å²) in [5.41, 5.74) is 15.0. The van der Waals surface area contributed by atoms with Crippen LogP contribution in [-0.4, -0.2) is 16.1 Å². The predicted molar refractivity (Wildman–Crippen MR) is 127 cm³/mol. The number of rotatable bonds is 9. The molecule has 0 aliphatic carbocycles. The van der Waals surface area contributed by atoms with Gasteiger partial charge in [0.2, 0.25) is 0 Å². The fourth-order valence-corrected chi connectivity index (χ4v) is 3.88. The number of carbonyl (C=O) groups is 1. The summed E-state index contributed by atoms with van der Waals surface area (Å²) in [7, 11) is 0. The first-order chi connectivity index (χ1) is 15.3. The lowest BCUT2D eigenvalue weighted by molar-refractivity contribution is 0.0696. The van der Waals surface area contributed by atoms with Gasteiger partial charge in [-0.2, -0.15) is 0 Å². The van der Waals surface area contributed by atoms with E-state index in [-0.39, 0.29) is 5.56 Å². The topological polar surface area (TPSA) is 85.4 Å². The number of aryl methyl sites for hydroxylation is 2. The van der Waals surface area contributed by atoms with E-state index in [0.717, 1.165) is 45.6 Å². The van der Waals surface area contributed by atoms with Gasteiger partial charge < -0.3 is 15.6 Å². The van der Waals surface area contributed by atoms with Crippen LogP contribution in [0.1, 0.15) is 57.8 Å². The van der Waals surface area contributed by atoms with Crippen molar-refractivity contribution in [1.82, 2.24) is 4.98 Å². The molecule has 2 aromatic carbocycles. The SMILES string of the molecule is Cc1ccc(-c2c(COCc3ccc(C(=O)O)cc3)c(C)nc(CC(C)C)c2CN)cc1. The molecule has 0 fully saturated rings. The molecule has 3 aromatic rings. The number of benzene rings is 2. The van der Waals surface area contributed by atoms with E-state index in [0.29, 0.717) is 25.7 Å². The van der Waals surface area contributed by atoms with Crippen molar-refractivity contribution in [2.75, 3.05) is 0 Å². The van der Waals surface area contributed by atoms with E-state index < -0.39 is 5.97 Å². The Morgan fingerprint density at radius 3 is 2.22 bits per heavy atom. The molecule has 0 unspecified atom stereocenters. The van der Waals surface area contributed by atoms with Crippen LogP contribution in [0.2, 0.25) is 0 Å². The van der Waals surface area contributed by atoms with Crippen molar-refractivity contribution in [2.24, 2.45) is 11.7 Å². The Balaban J connectivity index is 1.94. The van der Waals surface area contributed by atoms with Crippen molar-refractivity contribution in [3.05, 3.63) is 87.7 Å². The molecule has 1 heterocycles. The molecule has 3 N–H and O–H groups in total. The first-order valence-corrected chi connectivity index (χ1v) is 11.0. The molecule has 3 rings (SSSR count). The van der Waals surface area contributed by atoms with Gasteiger partial charge in [0.15, 0.2) is 0 Å². The quantitative estimate of drug-likeness (QED) is 0.470. The first-order valence-electron chi connectivity index (χ1n) is 11.0. The van der Waals surface area contributed by atoms with E-state index in [4.69, 9.17) is 20.6 Å². The minimum absolute atomic E-state index is 0.267. The van der Waals surface area contributed by atoms with Gasteiger partial charge in [0.05, 0.1) is 18.8 Å². The van der Waals surface area contributed by atoms with E-state index >= 15 is 0 Å². The Labute approximate surface area is 190 Å². The van der Waals surface area contributed by atoms with Crippen LogP contribution in [0.3, 0.4) is 0 Å². The van der Waals surface area contributed by atoms with Gasteiger partial charge in [-0.1, -0.05) is 55.8 Å². The molecule has 32 heavy (non-hydrogen) atoms. The highest BCUT2D eigenvalue weighted by Crippen LogP contribution is 2.33. The Morgan fingerprint density at radius 2 is 1.66 bits per heavy atom. The van der Waals surface area contributed by atoms with Gasteiger partial charge in [-0.3, -0.25) is 4.98 Å². The molecule has 0 aliphatic rings. The summed E-state index contributed by atoms with van der Waals surface area (Å²) in [6.45, 7) is 9.70. The van der Waals surface area contributed by atoms with Crippen molar-refractivity contribution in [1.29, 1.82) is 0 Å². The molecule has 0 radical (unpaired) electrons. The minimum atomic E-state index is -0.933. The van der Waals surface area contributed by atoms with E-state index in [2.05, 4.69) is 45.0 Å². The van der Waals surface area contributed by atoms with Gasteiger partial charge in [-0.15, -0.1) is 0 Å². The third-order valence-electron chi connectivity index (χ3n) is 5.55. The molecule has 0 spiro atoms. The number of hydrogen-bond donors (Lipinski definition) is 2. The van der Waals surface area contributed by atoms with Crippen molar-refractivity contribution < 1.29 is 14.6 Å². The summed E-state index contributed by atoms with van der Waals surface area (Å²) in [6, 6.07) is 15.3. The van der Waals surface area contributed by atoms with Gasteiger partial charge in [-0.25, -0.2) is 4.79 Å². The zero-order chi connectivity index (χ0) is 23.3. The molecule has 0 saturated carbocycles. The van der Waals surface area contributed by atoms with Crippen LogP contribution in [0.4, 0.5) is 0 Å². The number of ether oxygens (including phenoxy) is 1. The van der Waals surface area contributed by atoms with Crippen molar-refractivity contribution in [3.8, 4) is 11.1 Å². The van der Waals surface area contributed by atoms with E-state index in [9.17, 15) is 4.79 Å². The third kappa shape index (κ3) is 5.61. The highest BCUT2D eigenvalue weighted by atomic mass is 16.5. The van der Waals surface area contributed by atoms with Crippen LogP contribution in [0.25, 0.3) is 11.1 Å². The molecule has 0 atom stereocenters. The normalized spacial score (nSPS) is 11.2. The van der Waals surface area contributed by atoms with Crippen molar-refractivity contribution >= 4 is 5.97 Å².